The Morgan fingerprint density at radius 1 is 1.00 bits per heavy atom. The summed E-state index contributed by atoms with van der Waals surface area (Å²) < 4.78 is 40.8. The molecule has 0 spiro atoms. The van der Waals surface area contributed by atoms with Crippen molar-refractivity contribution in [2.45, 2.75) is 12.3 Å². The number of nitrogens with two attached hydrogens (primary N) is 1. The van der Waals surface area contributed by atoms with Crippen molar-refractivity contribution < 1.29 is 18.3 Å². The van der Waals surface area contributed by atoms with E-state index in [9.17, 15) is 4.39 Å². The van der Waals surface area contributed by atoms with Gasteiger partial charge in [0.2, 0.25) is 5.95 Å². The summed E-state index contributed by atoms with van der Waals surface area (Å²) in [6.07, 6.45) is 5.10. The molecule has 8 heteroatoms. The van der Waals surface area contributed by atoms with Gasteiger partial charge in [-0.25, -0.2) is 9.37 Å². The van der Waals surface area contributed by atoms with E-state index < -0.39 is 17.8 Å². The normalized spacial score (nSPS) is 14.0. The standard InChI is InChI=1S/C26H20F2N4O2/c27-22-13-17(16-3-1-8-31-14-16)12-21-19(7-10-33-26(29)30)20-11-15(5-6-23(20)34-24(21)22)18-4-2-9-32-25(18)28/h1-6,8-9,11-14,19H,7,10H2,(H3,29,30)/t19-/m1/s1. The Hall–Kier alpha value is -4.33. The predicted octanol–water partition coefficient (Wildman–Crippen LogP) is 5.63. The van der Waals surface area contributed by atoms with Crippen molar-refractivity contribution in [1.82, 2.24) is 9.97 Å². The SMILES string of the molecule is N=C(N)OCC[C@@H]1c2cc(-c3cccnc3F)ccc2Oc2c(F)cc(-c3cccnc3)cc21. The van der Waals surface area contributed by atoms with E-state index in [0.29, 0.717) is 34.4 Å². The summed E-state index contributed by atoms with van der Waals surface area (Å²) in [6.45, 7) is 0.142. The molecule has 2 aromatic carbocycles. The van der Waals surface area contributed by atoms with Crippen LogP contribution in [0.1, 0.15) is 23.5 Å². The van der Waals surface area contributed by atoms with Gasteiger partial charge < -0.3 is 15.2 Å². The largest absolute Gasteiger partial charge is 0.466 e. The number of aromatic nitrogens is 2. The number of benzene rings is 2. The molecular formula is C26H20F2N4O2. The zero-order valence-corrected chi connectivity index (χ0v) is 18.0. The van der Waals surface area contributed by atoms with Crippen molar-refractivity contribution in [3.63, 3.8) is 0 Å². The van der Waals surface area contributed by atoms with Crippen LogP contribution >= 0.6 is 0 Å². The van der Waals surface area contributed by atoms with Gasteiger partial charge in [0.25, 0.3) is 6.02 Å². The van der Waals surface area contributed by atoms with Crippen LogP contribution in [0, 0.1) is 17.2 Å². The molecule has 2 aromatic heterocycles. The smallest absolute Gasteiger partial charge is 0.278 e. The van der Waals surface area contributed by atoms with E-state index >= 15 is 4.39 Å². The summed E-state index contributed by atoms with van der Waals surface area (Å²) in [5.74, 6) is -0.818. The van der Waals surface area contributed by atoms with Gasteiger partial charge in [-0.2, -0.15) is 4.39 Å². The highest BCUT2D eigenvalue weighted by atomic mass is 19.1. The van der Waals surface area contributed by atoms with Crippen LogP contribution in [0.25, 0.3) is 22.3 Å². The van der Waals surface area contributed by atoms with Gasteiger partial charge in [-0.15, -0.1) is 0 Å². The van der Waals surface area contributed by atoms with Crippen LogP contribution in [0.4, 0.5) is 8.78 Å². The Balaban J connectivity index is 1.63. The minimum Gasteiger partial charge on any atom is -0.466 e. The second-order valence-electron chi connectivity index (χ2n) is 7.87. The Bertz CT molecular complexity index is 1380. The lowest BCUT2D eigenvalue weighted by molar-refractivity contribution is 0.280. The zero-order valence-electron chi connectivity index (χ0n) is 18.0. The molecule has 170 valence electrons. The van der Waals surface area contributed by atoms with E-state index in [1.54, 1.807) is 42.7 Å². The lowest BCUT2D eigenvalue weighted by Crippen LogP contribution is -2.18. The molecule has 0 bridgehead atoms. The third-order valence-electron chi connectivity index (χ3n) is 5.77. The average molecular weight is 458 g/mol. The van der Waals surface area contributed by atoms with Crippen molar-refractivity contribution in [2.75, 3.05) is 6.61 Å². The molecule has 0 amide bonds. The number of rotatable bonds is 5. The number of hydrogen-bond donors (Lipinski definition) is 2. The molecule has 4 aromatic rings. The topological polar surface area (TPSA) is 94.1 Å². The number of pyridine rings is 2. The monoisotopic (exact) mass is 458 g/mol. The molecule has 3 heterocycles. The molecule has 1 aliphatic heterocycles. The number of nitrogens with zero attached hydrogens (tertiary/aromatic N) is 2. The summed E-state index contributed by atoms with van der Waals surface area (Å²) in [5, 5.41) is 7.37. The summed E-state index contributed by atoms with van der Waals surface area (Å²) in [7, 11) is 0. The molecule has 0 saturated carbocycles. The molecule has 0 unspecified atom stereocenters. The first-order valence-electron chi connectivity index (χ1n) is 10.6. The maximum absolute atomic E-state index is 15.2. The highest BCUT2D eigenvalue weighted by molar-refractivity contribution is 5.71. The van der Waals surface area contributed by atoms with E-state index in [-0.39, 0.29) is 18.3 Å². The van der Waals surface area contributed by atoms with Crippen LogP contribution in [0.2, 0.25) is 0 Å². The van der Waals surface area contributed by atoms with Gasteiger partial charge in [0.1, 0.15) is 5.75 Å². The molecule has 0 fully saturated rings. The van der Waals surface area contributed by atoms with Crippen LogP contribution < -0.4 is 10.5 Å². The summed E-state index contributed by atoms with van der Waals surface area (Å²) in [6, 6.07) is 15.1. The second-order valence-corrected chi connectivity index (χ2v) is 7.87. The Morgan fingerprint density at radius 3 is 2.59 bits per heavy atom. The van der Waals surface area contributed by atoms with E-state index in [4.69, 9.17) is 20.6 Å². The van der Waals surface area contributed by atoms with Crippen LogP contribution in [-0.2, 0) is 4.74 Å². The minimum absolute atomic E-state index is 0.133. The third kappa shape index (κ3) is 4.05. The quantitative estimate of drug-likeness (QED) is 0.230. The lowest BCUT2D eigenvalue weighted by Gasteiger charge is -2.29. The van der Waals surface area contributed by atoms with Gasteiger partial charge in [-0.05, 0) is 60.0 Å². The fraction of sp³-hybridized carbons (Fsp3) is 0.115. The molecule has 3 N–H and O–H groups in total. The maximum atomic E-state index is 15.2. The summed E-state index contributed by atoms with van der Waals surface area (Å²) in [4.78, 5) is 7.86. The molecule has 6 nitrogen and oxygen atoms in total. The Morgan fingerprint density at radius 2 is 1.82 bits per heavy atom. The van der Waals surface area contributed by atoms with E-state index in [0.717, 1.165) is 11.1 Å². The van der Waals surface area contributed by atoms with Crippen LogP contribution in [-0.4, -0.2) is 22.6 Å². The molecule has 0 saturated heterocycles. The van der Waals surface area contributed by atoms with Gasteiger partial charge in [0, 0.05) is 46.8 Å². The first-order chi connectivity index (χ1) is 16.5. The molecule has 34 heavy (non-hydrogen) atoms. The number of halogens is 2. The highest BCUT2D eigenvalue weighted by Gasteiger charge is 2.31. The van der Waals surface area contributed by atoms with E-state index in [2.05, 4.69) is 9.97 Å². The van der Waals surface area contributed by atoms with Gasteiger partial charge in [-0.1, -0.05) is 12.1 Å². The van der Waals surface area contributed by atoms with Crippen molar-refractivity contribution in [3.05, 3.63) is 96.1 Å². The van der Waals surface area contributed by atoms with E-state index in [1.807, 2.05) is 18.2 Å². The van der Waals surface area contributed by atoms with Crippen LogP contribution in [0.15, 0.2) is 73.2 Å². The highest BCUT2D eigenvalue weighted by Crippen LogP contribution is 2.49. The first-order valence-corrected chi connectivity index (χ1v) is 10.6. The average Bonchev–Trinajstić information content (AvgIpc) is 2.84. The number of hydrogen-bond acceptors (Lipinski definition) is 5. The fourth-order valence-corrected chi connectivity index (χ4v) is 4.24. The van der Waals surface area contributed by atoms with Crippen LogP contribution in [0.3, 0.4) is 0 Å². The van der Waals surface area contributed by atoms with Crippen molar-refractivity contribution in [3.8, 4) is 33.8 Å². The summed E-state index contributed by atoms with van der Waals surface area (Å²) >= 11 is 0. The molecular weight excluding hydrogens is 438 g/mol. The number of amidine groups is 1. The number of nitrogens with one attached hydrogen (secondary N) is 1. The molecule has 0 aliphatic carbocycles. The zero-order chi connectivity index (χ0) is 23.7. The Kier molecular flexibility index (Phi) is 5.63. The molecule has 0 radical (unpaired) electrons. The van der Waals surface area contributed by atoms with Crippen LogP contribution in [0.5, 0.6) is 11.5 Å². The maximum Gasteiger partial charge on any atom is 0.278 e. The van der Waals surface area contributed by atoms with Crippen molar-refractivity contribution in [2.24, 2.45) is 5.73 Å². The lowest BCUT2D eigenvalue weighted by atomic mass is 9.83. The molecule has 1 aliphatic rings. The van der Waals surface area contributed by atoms with Gasteiger partial charge in [-0.3, -0.25) is 10.4 Å². The second kappa shape index (κ2) is 8.90. The fourth-order valence-electron chi connectivity index (χ4n) is 4.24. The van der Waals surface area contributed by atoms with E-state index in [1.165, 1.54) is 12.3 Å². The number of fused-ring (bicyclic) bond motifs is 2. The van der Waals surface area contributed by atoms with Gasteiger partial charge in [0.05, 0.1) is 6.61 Å². The van der Waals surface area contributed by atoms with Gasteiger partial charge >= 0.3 is 0 Å². The predicted molar refractivity (Wildman–Crippen MR) is 124 cm³/mol. The van der Waals surface area contributed by atoms with Crippen molar-refractivity contribution >= 4 is 6.02 Å². The molecule has 5 rings (SSSR count). The Labute approximate surface area is 194 Å². The van der Waals surface area contributed by atoms with Gasteiger partial charge in [0.15, 0.2) is 11.6 Å². The first kappa shape index (κ1) is 21.5. The molecule has 1 atom stereocenters. The summed E-state index contributed by atoms with van der Waals surface area (Å²) in [5.41, 5.74) is 9.13. The van der Waals surface area contributed by atoms with Crippen molar-refractivity contribution in [1.29, 1.82) is 5.41 Å². The minimum atomic E-state index is -0.582. The number of ether oxygens (including phenoxy) is 2. The third-order valence-corrected chi connectivity index (χ3v) is 5.77.